The highest BCUT2D eigenvalue weighted by atomic mass is 79.9. The lowest BCUT2D eigenvalue weighted by Gasteiger charge is -2.27. The maximum Gasteiger partial charge on any atom is 0.421 e. The van der Waals surface area contributed by atoms with Crippen LogP contribution in [0.2, 0.25) is 0 Å². The second kappa shape index (κ2) is 4.18. The molecule has 1 aromatic carbocycles. The normalized spacial score (nSPS) is 15.6. The molecule has 0 radical (unpaired) electrons. The van der Waals surface area contributed by atoms with Crippen molar-refractivity contribution in [2.45, 2.75) is 18.7 Å². The number of aliphatic hydroxyl groups is 1. The van der Waals surface area contributed by atoms with Gasteiger partial charge in [0, 0.05) is 10.0 Å². The molecule has 0 saturated heterocycles. The van der Waals surface area contributed by atoms with E-state index in [1.165, 1.54) is 6.07 Å². The zero-order valence-corrected chi connectivity index (χ0v) is 9.76. The van der Waals surface area contributed by atoms with Gasteiger partial charge in [0.25, 0.3) is 0 Å². The van der Waals surface area contributed by atoms with E-state index in [1.54, 1.807) is 0 Å². The van der Waals surface area contributed by atoms with Crippen LogP contribution in [0, 0.1) is 0 Å². The Morgan fingerprint density at radius 2 is 1.88 bits per heavy atom. The first kappa shape index (κ1) is 13.2. The van der Waals surface area contributed by atoms with Gasteiger partial charge in [-0.3, -0.25) is 4.79 Å². The van der Waals surface area contributed by atoms with Crippen LogP contribution in [0.25, 0.3) is 0 Å². The fourth-order valence-corrected chi connectivity index (χ4v) is 1.64. The minimum Gasteiger partial charge on any atom is -0.376 e. The van der Waals surface area contributed by atoms with Gasteiger partial charge >= 0.3 is 6.18 Å². The number of hydrogen-bond donors (Lipinski definition) is 1. The van der Waals surface area contributed by atoms with Gasteiger partial charge in [-0.15, -0.1) is 0 Å². The van der Waals surface area contributed by atoms with Crippen LogP contribution in [-0.2, 0) is 5.60 Å². The molecule has 16 heavy (non-hydrogen) atoms. The molecule has 1 rings (SSSR count). The molecule has 1 N–H and O–H groups in total. The molecule has 0 aromatic heterocycles. The lowest BCUT2D eigenvalue weighted by atomic mass is 9.94. The Morgan fingerprint density at radius 1 is 1.31 bits per heavy atom. The minimum atomic E-state index is -4.80. The highest BCUT2D eigenvalue weighted by Gasteiger charge is 2.51. The third-order valence-corrected chi connectivity index (χ3v) is 2.63. The molecule has 0 aliphatic carbocycles. The highest BCUT2D eigenvalue weighted by Crippen LogP contribution is 2.39. The molecule has 0 saturated carbocycles. The molecule has 6 heteroatoms. The van der Waals surface area contributed by atoms with Gasteiger partial charge in [-0.25, -0.2) is 0 Å². The Labute approximate surface area is 98.2 Å². The summed E-state index contributed by atoms with van der Waals surface area (Å²) in [5, 5.41) is 9.40. The number of alkyl halides is 3. The highest BCUT2D eigenvalue weighted by molar-refractivity contribution is 9.10. The molecule has 0 amide bonds. The molecule has 88 valence electrons. The van der Waals surface area contributed by atoms with Gasteiger partial charge in [0.2, 0.25) is 0 Å². The van der Waals surface area contributed by atoms with Gasteiger partial charge in [0.1, 0.15) is 6.29 Å². The Kier molecular flexibility index (Phi) is 3.44. The molecule has 0 bridgehead atoms. The van der Waals surface area contributed by atoms with Crippen LogP contribution in [0.5, 0.6) is 0 Å². The van der Waals surface area contributed by atoms with E-state index in [0.29, 0.717) is 17.7 Å². The largest absolute Gasteiger partial charge is 0.421 e. The summed E-state index contributed by atoms with van der Waals surface area (Å²) < 4.78 is 37.9. The van der Waals surface area contributed by atoms with E-state index in [9.17, 15) is 23.1 Å². The molecule has 2 nitrogen and oxygen atoms in total. The molecule has 1 unspecified atom stereocenters. The Hall–Kier alpha value is -0.880. The Balaban J connectivity index is 3.33. The lowest BCUT2D eigenvalue weighted by molar-refractivity contribution is -0.258. The van der Waals surface area contributed by atoms with Crippen molar-refractivity contribution in [3.05, 3.63) is 33.8 Å². The summed E-state index contributed by atoms with van der Waals surface area (Å²) in [4.78, 5) is 10.5. The van der Waals surface area contributed by atoms with Crippen LogP contribution >= 0.6 is 15.9 Å². The first-order chi connectivity index (χ1) is 7.18. The number of rotatable bonds is 2. The zero-order chi connectivity index (χ0) is 12.6. The molecular formula is C10H8BrF3O2. The van der Waals surface area contributed by atoms with Crippen LogP contribution in [0.15, 0.2) is 22.7 Å². The van der Waals surface area contributed by atoms with Crippen molar-refractivity contribution in [1.82, 2.24) is 0 Å². The van der Waals surface area contributed by atoms with E-state index in [2.05, 4.69) is 15.9 Å². The van der Waals surface area contributed by atoms with Crippen LogP contribution in [-0.4, -0.2) is 17.6 Å². The lowest BCUT2D eigenvalue weighted by Crippen LogP contribution is -2.39. The fourth-order valence-electron chi connectivity index (χ4n) is 1.13. The van der Waals surface area contributed by atoms with E-state index in [0.717, 1.165) is 12.1 Å². The third-order valence-electron chi connectivity index (χ3n) is 2.17. The SMILES string of the molecule is CC(O)(c1cc(Br)cc(C=O)c1)C(F)(F)F. The van der Waals surface area contributed by atoms with E-state index in [4.69, 9.17) is 0 Å². The van der Waals surface area contributed by atoms with Crippen molar-refractivity contribution in [2.24, 2.45) is 0 Å². The van der Waals surface area contributed by atoms with Crippen LogP contribution in [0.4, 0.5) is 13.2 Å². The van der Waals surface area contributed by atoms with Gasteiger partial charge in [0.05, 0.1) is 0 Å². The zero-order valence-electron chi connectivity index (χ0n) is 8.18. The predicted molar refractivity (Wildman–Crippen MR) is 55.2 cm³/mol. The first-order valence-electron chi connectivity index (χ1n) is 4.24. The second-order valence-corrected chi connectivity index (χ2v) is 4.38. The van der Waals surface area contributed by atoms with Crippen molar-refractivity contribution >= 4 is 22.2 Å². The number of carbonyl (C=O) groups is 1. The summed E-state index contributed by atoms with van der Waals surface area (Å²) in [5.74, 6) is 0. The van der Waals surface area contributed by atoms with E-state index >= 15 is 0 Å². The number of hydrogen-bond acceptors (Lipinski definition) is 2. The van der Waals surface area contributed by atoms with E-state index in [-0.39, 0.29) is 11.1 Å². The van der Waals surface area contributed by atoms with Crippen LogP contribution in [0.3, 0.4) is 0 Å². The molecule has 1 aromatic rings. The number of benzene rings is 1. The van der Waals surface area contributed by atoms with Gasteiger partial charge in [-0.1, -0.05) is 15.9 Å². The molecule has 1 atom stereocenters. The van der Waals surface area contributed by atoms with Crippen molar-refractivity contribution in [1.29, 1.82) is 0 Å². The van der Waals surface area contributed by atoms with Crippen molar-refractivity contribution in [2.75, 3.05) is 0 Å². The van der Waals surface area contributed by atoms with Gasteiger partial charge < -0.3 is 5.11 Å². The molecule has 0 fully saturated rings. The average molecular weight is 297 g/mol. The van der Waals surface area contributed by atoms with Crippen molar-refractivity contribution in [3.8, 4) is 0 Å². The number of aldehydes is 1. The monoisotopic (exact) mass is 296 g/mol. The van der Waals surface area contributed by atoms with E-state index < -0.39 is 11.8 Å². The van der Waals surface area contributed by atoms with Gasteiger partial charge in [-0.05, 0) is 30.7 Å². The van der Waals surface area contributed by atoms with Gasteiger partial charge in [0.15, 0.2) is 5.60 Å². The van der Waals surface area contributed by atoms with Crippen LogP contribution in [0.1, 0.15) is 22.8 Å². The molecular weight excluding hydrogens is 289 g/mol. The molecule has 0 heterocycles. The van der Waals surface area contributed by atoms with Gasteiger partial charge in [-0.2, -0.15) is 13.2 Å². The standard InChI is InChI=1S/C10H8BrF3O2/c1-9(16,10(12,13)14)7-2-6(5-15)3-8(11)4-7/h2-5,16H,1H3. The van der Waals surface area contributed by atoms with Crippen LogP contribution < -0.4 is 0 Å². The fraction of sp³-hybridized carbons (Fsp3) is 0.300. The minimum absolute atomic E-state index is 0.0638. The smallest absolute Gasteiger partial charge is 0.376 e. The molecule has 0 aliphatic rings. The maximum absolute atomic E-state index is 12.5. The summed E-state index contributed by atoms with van der Waals surface area (Å²) in [6.45, 7) is 0.642. The summed E-state index contributed by atoms with van der Waals surface area (Å²) in [5.41, 5.74) is -3.29. The average Bonchev–Trinajstić information content (AvgIpc) is 2.15. The second-order valence-electron chi connectivity index (χ2n) is 3.46. The first-order valence-corrected chi connectivity index (χ1v) is 5.03. The summed E-state index contributed by atoms with van der Waals surface area (Å²) in [6.07, 6.45) is -4.38. The van der Waals surface area contributed by atoms with E-state index in [1.807, 2.05) is 0 Å². The summed E-state index contributed by atoms with van der Waals surface area (Å²) in [6, 6.07) is 3.49. The molecule has 0 spiro atoms. The summed E-state index contributed by atoms with van der Waals surface area (Å²) >= 11 is 2.98. The maximum atomic E-state index is 12.5. The number of carbonyl (C=O) groups excluding carboxylic acids is 1. The predicted octanol–water partition coefficient (Wildman–Crippen LogP) is 3.03. The molecule has 0 aliphatic heterocycles. The quantitative estimate of drug-likeness (QED) is 0.852. The summed E-state index contributed by atoms with van der Waals surface area (Å²) in [7, 11) is 0. The topological polar surface area (TPSA) is 37.3 Å². The number of halogens is 4. The van der Waals surface area contributed by atoms with Crippen molar-refractivity contribution < 1.29 is 23.1 Å². The third kappa shape index (κ3) is 2.44. The Morgan fingerprint density at radius 3 is 2.31 bits per heavy atom. The van der Waals surface area contributed by atoms with Crippen molar-refractivity contribution in [3.63, 3.8) is 0 Å². The Bertz CT molecular complexity index is 413.